The molecule has 4 rings (SSSR count). The summed E-state index contributed by atoms with van der Waals surface area (Å²) in [6.45, 7) is 5.96. The standard InChI is InChI=1S/C22H22N4O2S/c1-13(2)19-21(28)26-20(25-19)16-6-4-5-7-17(16)24-22(26)29-12-18(27)23-15-10-8-14(3)9-11-15/h4-11,13,19H,12H2,1-3H3,(H,23,27)/t19-/m1/s1. The summed E-state index contributed by atoms with van der Waals surface area (Å²) in [5.74, 6) is 0.628. The van der Waals surface area contributed by atoms with E-state index in [1.54, 1.807) is 4.90 Å². The third-order valence-electron chi connectivity index (χ3n) is 4.80. The van der Waals surface area contributed by atoms with E-state index in [2.05, 4.69) is 15.3 Å². The van der Waals surface area contributed by atoms with Crippen LogP contribution in [0.4, 0.5) is 11.4 Å². The lowest BCUT2D eigenvalue weighted by atomic mass is 10.1. The lowest BCUT2D eigenvalue weighted by molar-refractivity contribution is -0.125. The number of amidine groups is 2. The number of carbonyl (C=O) groups is 2. The minimum absolute atomic E-state index is 0.0869. The molecule has 1 N–H and O–H groups in total. The van der Waals surface area contributed by atoms with E-state index in [9.17, 15) is 9.59 Å². The van der Waals surface area contributed by atoms with Crippen molar-refractivity contribution in [2.24, 2.45) is 15.9 Å². The topological polar surface area (TPSA) is 74.1 Å². The third kappa shape index (κ3) is 3.82. The molecule has 0 saturated heterocycles. The van der Waals surface area contributed by atoms with E-state index < -0.39 is 6.04 Å². The number of nitrogens with one attached hydrogen (secondary N) is 1. The Hall–Kier alpha value is -2.93. The van der Waals surface area contributed by atoms with Crippen LogP contribution < -0.4 is 5.32 Å². The van der Waals surface area contributed by atoms with Crippen LogP contribution in [0.3, 0.4) is 0 Å². The molecule has 2 amide bonds. The number of benzene rings is 2. The zero-order valence-electron chi connectivity index (χ0n) is 16.5. The average molecular weight is 407 g/mol. The molecule has 0 fully saturated rings. The van der Waals surface area contributed by atoms with E-state index in [0.717, 1.165) is 22.5 Å². The van der Waals surface area contributed by atoms with Gasteiger partial charge in [-0.3, -0.25) is 14.6 Å². The lowest BCUT2D eigenvalue weighted by Gasteiger charge is -2.25. The molecule has 2 aromatic rings. The number of rotatable bonds is 4. The number of anilines is 1. The van der Waals surface area contributed by atoms with Crippen molar-refractivity contribution in [3.8, 4) is 0 Å². The van der Waals surface area contributed by atoms with Gasteiger partial charge in [0.15, 0.2) is 5.17 Å². The Labute approximate surface area is 174 Å². The summed E-state index contributed by atoms with van der Waals surface area (Å²) in [6.07, 6.45) is 0. The van der Waals surface area contributed by atoms with E-state index in [0.29, 0.717) is 11.0 Å². The van der Waals surface area contributed by atoms with Crippen LogP contribution in [0, 0.1) is 12.8 Å². The SMILES string of the molecule is Cc1ccc(NC(=O)CSC2=Nc3ccccc3C3=N[C@H](C(C)C)C(=O)N23)cc1. The molecule has 0 saturated carbocycles. The number of thioether (sulfide) groups is 1. The first-order chi connectivity index (χ1) is 13.9. The maximum absolute atomic E-state index is 13.0. The highest BCUT2D eigenvalue weighted by molar-refractivity contribution is 8.14. The number of aliphatic imine (C=N–C) groups is 2. The smallest absolute Gasteiger partial charge is 0.259 e. The van der Waals surface area contributed by atoms with Gasteiger partial charge in [-0.25, -0.2) is 9.89 Å². The molecule has 2 heterocycles. The fraction of sp³-hybridized carbons (Fsp3) is 0.273. The maximum atomic E-state index is 13.0. The zero-order valence-corrected chi connectivity index (χ0v) is 17.4. The Balaban J connectivity index is 1.54. The maximum Gasteiger partial charge on any atom is 0.259 e. The van der Waals surface area contributed by atoms with E-state index in [1.165, 1.54) is 11.8 Å². The molecule has 0 radical (unpaired) electrons. The molecule has 0 spiro atoms. The molecule has 7 heteroatoms. The third-order valence-corrected chi connectivity index (χ3v) is 5.74. The molecule has 0 bridgehead atoms. The second-order valence-electron chi connectivity index (χ2n) is 7.43. The molecular formula is C22H22N4O2S. The predicted molar refractivity (Wildman–Crippen MR) is 118 cm³/mol. The lowest BCUT2D eigenvalue weighted by Crippen LogP contribution is -2.42. The van der Waals surface area contributed by atoms with Gasteiger partial charge in [-0.1, -0.05) is 55.4 Å². The van der Waals surface area contributed by atoms with E-state index in [4.69, 9.17) is 0 Å². The number of nitrogens with zero attached hydrogens (tertiary/aromatic N) is 3. The Morgan fingerprint density at radius 3 is 2.62 bits per heavy atom. The summed E-state index contributed by atoms with van der Waals surface area (Å²) in [5, 5.41) is 3.37. The van der Waals surface area contributed by atoms with Crippen LogP contribution in [0.2, 0.25) is 0 Å². The fourth-order valence-electron chi connectivity index (χ4n) is 3.26. The van der Waals surface area contributed by atoms with Crippen molar-refractivity contribution in [1.29, 1.82) is 0 Å². The first-order valence-electron chi connectivity index (χ1n) is 9.53. The molecule has 148 valence electrons. The highest BCUT2D eigenvalue weighted by atomic mass is 32.2. The summed E-state index contributed by atoms with van der Waals surface area (Å²) in [5.41, 5.74) is 3.49. The van der Waals surface area contributed by atoms with Crippen LogP contribution >= 0.6 is 11.8 Å². The molecule has 2 aliphatic heterocycles. The number of hydrogen-bond acceptors (Lipinski definition) is 5. The van der Waals surface area contributed by atoms with Crippen molar-refractivity contribution >= 4 is 46.0 Å². The largest absolute Gasteiger partial charge is 0.325 e. The van der Waals surface area contributed by atoms with Crippen LogP contribution in [-0.4, -0.2) is 39.5 Å². The number of para-hydroxylation sites is 1. The van der Waals surface area contributed by atoms with Crippen molar-refractivity contribution in [3.63, 3.8) is 0 Å². The van der Waals surface area contributed by atoms with Gasteiger partial charge in [0.1, 0.15) is 11.9 Å². The van der Waals surface area contributed by atoms with Gasteiger partial charge in [-0.15, -0.1) is 0 Å². The van der Waals surface area contributed by atoms with Crippen LogP contribution in [0.5, 0.6) is 0 Å². The minimum Gasteiger partial charge on any atom is -0.325 e. The van der Waals surface area contributed by atoms with Crippen molar-refractivity contribution in [2.45, 2.75) is 26.8 Å². The first kappa shape index (κ1) is 19.4. The van der Waals surface area contributed by atoms with Gasteiger partial charge in [-0.05, 0) is 37.1 Å². The summed E-state index contributed by atoms with van der Waals surface area (Å²) < 4.78 is 0. The molecule has 0 aliphatic carbocycles. The number of amides is 2. The molecular weight excluding hydrogens is 384 g/mol. The highest BCUT2D eigenvalue weighted by Crippen LogP contribution is 2.34. The number of hydrogen-bond donors (Lipinski definition) is 1. The van der Waals surface area contributed by atoms with Gasteiger partial charge >= 0.3 is 0 Å². The Bertz CT molecular complexity index is 1030. The van der Waals surface area contributed by atoms with Crippen LogP contribution in [0.1, 0.15) is 25.0 Å². The van der Waals surface area contributed by atoms with Crippen molar-refractivity contribution in [2.75, 3.05) is 11.1 Å². The molecule has 1 atom stereocenters. The minimum atomic E-state index is -0.427. The average Bonchev–Trinajstić information content (AvgIpc) is 3.06. The van der Waals surface area contributed by atoms with Crippen LogP contribution in [0.15, 0.2) is 58.5 Å². The van der Waals surface area contributed by atoms with E-state index >= 15 is 0 Å². The monoisotopic (exact) mass is 406 g/mol. The fourth-order valence-corrected chi connectivity index (χ4v) is 4.07. The van der Waals surface area contributed by atoms with Gasteiger partial charge in [-0.2, -0.15) is 0 Å². The Morgan fingerprint density at radius 1 is 1.17 bits per heavy atom. The van der Waals surface area contributed by atoms with Crippen LogP contribution in [0.25, 0.3) is 0 Å². The van der Waals surface area contributed by atoms with Gasteiger partial charge in [0.2, 0.25) is 5.91 Å². The Kier molecular flexibility index (Phi) is 5.24. The van der Waals surface area contributed by atoms with Crippen LogP contribution in [-0.2, 0) is 9.59 Å². The van der Waals surface area contributed by atoms with Gasteiger partial charge in [0.25, 0.3) is 5.91 Å². The van der Waals surface area contributed by atoms with Gasteiger partial charge in [0, 0.05) is 11.3 Å². The molecule has 29 heavy (non-hydrogen) atoms. The zero-order chi connectivity index (χ0) is 20.5. The summed E-state index contributed by atoms with van der Waals surface area (Å²) in [7, 11) is 0. The number of carbonyl (C=O) groups excluding carboxylic acids is 2. The summed E-state index contributed by atoms with van der Waals surface area (Å²) >= 11 is 1.25. The Morgan fingerprint density at radius 2 is 1.90 bits per heavy atom. The second-order valence-corrected chi connectivity index (χ2v) is 8.37. The van der Waals surface area contributed by atoms with Crippen molar-refractivity contribution in [3.05, 3.63) is 59.7 Å². The normalized spacial score (nSPS) is 17.6. The van der Waals surface area contributed by atoms with E-state index in [-0.39, 0.29) is 23.5 Å². The second kappa shape index (κ2) is 7.83. The quantitative estimate of drug-likeness (QED) is 0.835. The van der Waals surface area contributed by atoms with E-state index in [1.807, 2.05) is 69.3 Å². The first-order valence-corrected chi connectivity index (χ1v) is 10.5. The van der Waals surface area contributed by atoms with Gasteiger partial charge < -0.3 is 5.32 Å². The molecule has 2 aromatic carbocycles. The molecule has 6 nitrogen and oxygen atoms in total. The molecule has 2 aliphatic rings. The van der Waals surface area contributed by atoms with Crippen molar-refractivity contribution < 1.29 is 9.59 Å². The predicted octanol–water partition coefficient (Wildman–Crippen LogP) is 3.98. The molecule has 0 unspecified atom stereocenters. The number of fused-ring (bicyclic) bond motifs is 3. The summed E-state index contributed by atoms with van der Waals surface area (Å²) in [6, 6.07) is 14.8. The molecule has 0 aromatic heterocycles. The van der Waals surface area contributed by atoms with Gasteiger partial charge in [0.05, 0.1) is 11.4 Å². The van der Waals surface area contributed by atoms with Crippen molar-refractivity contribution in [1.82, 2.24) is 4.90 Å². The number of aryl methyl sites for hydroxylation is 1. The summed E-state index contributed by atoms with van der Waals surface area (Å²) in [4.78, 5) is 36.3. The highest BCUT2D eigenvalue weighted by Gasteiger charge is 2.42.